The van der Waals surface area contributed by atoms with E-state index in [-0.39, 0.29) is 6.04 Å². The van der Waals surface area contributed by atoms with Gasteiger partial charge in [0, 0.05) is 24.9 Å². The molecule has 78 valence electrons. The molecule has 1 fully saturated rings. The maximum Gasteiger partial charge on any atom is 0.0939 e. The summed E-state index contributed by atoms with van der Waals surface area (Å²) in [4.78, 5) is 0. The number of rotatable bonds is 3. The molecule has 0 spiro atoms. The van der Waals surface area contributed by atoms with Crippen molar-refractivity contribution < 1.29 is 4.21 Å². The Morgan fingerprint density at radius 2 is 2.08 bits per heavy atom. The molecule has 0 aromatic carbocycles. The number of nitrogens with two attached hydrogens (primary N) is 1. The number of hydrogen-bond donors (Lipinski definition) is 1. The third-order valence-electron chi connectivity index (χ3n) is 2.78. The van der Waals surface area contributed by atoms with Crippen LogP contribution < -0.4 is 5.73 Å². The first-order valence-electron chi connectivity index (χ1n) is 5.04. The van der Waals surface area contributed by atoms with Crippen LogP contribution in [0.2, 0.25) is 0 Å². The van der Waals surface area contributed by atoms with Gasteiger partial charge in [-0.1, -0.05) is 6.92 Å². The maximum atomic E-state index is 11.4. The molecule has 3 nitrogen and oxygen atoms in total. The Labute approximate surface area is 83.3 Å². The van der Waals surface area contributed by atoms with E-state index in [0.717, 1.165) is 31.7 Å². The van der Waals surface area contributed by atoms with Crippen molar-refractivity contribution in [1.82, 2.24) is 4.31 Å². The molecule has 0 amide bonds. The van der Waals surface area contributed by atoms with E-state index in [4.69, 9.17) is 5.73 Å². The van der Waals surface area contributed by atoms with E-state index in [1.807, 2.05) is 6.92 Å². The van der Waals surface area contributed by atoms with Crippen LogP contribution in [0.25, 0.3) is 0 Å². The van der Waals surface area contributed by atoms with Crippen LogP contribution in [0.1, 0.15) is 26.7 Å². The Balaban J connectivity index is 2.34. The van der Waals surface area contributed by atoms with E-state index >= 15 is 0 Å². The van der Waals surface area contributed by atoms with Crippen molar-refractivity contribution in [2.75, 3.05) is 18.8 Å². The molecule has 1 aliphatic rings. The highest BCUT2D eigenvalue weighted by atomic mass is 32.2. The summed E-state index contributed by atoms with van der Waals surface area (Å²) < 4.78 is 13.5. The van der Waals surface area contributed by atoms with E-state index in [1.54, 1.807) is 0 Å². The van der Waals surface area contributed by atoms with E-state index < -0.39 is 11.0 Å². The van der Waals surface area contributed by atoms with Crippen molar-refractivity contribution in [3.63, 3.8) is 0 Å². The zero-order valence-corrected chi connectivity index (χ0v) is 9.35. The number of piperidine rings is 1. The first-order chi connectivity index (χ1) is 6.15. The zero-order valence-electron chi connectivity index (χ0n) is 8.53. The van der Waals surface area contributed by atoms with Crippen molar-refractivity contribution in [1.29, 1.82) is 0 Å². The first kappa shape index (κ1) is 11.1. The SMILES string of the molecule is CCS(=O)N1CCC(C(C)N)CC1. The summed E-state index contributed by atoms with van der Waals surface area (Å²) in [6, 6.07) is 0.289. The van der Waals surface area contributed by atoms with Gasteiger partial charge in [0.1, 0.15) is 0 Å². The second-order valence-electron chi connectivity index (χ2n) is 3.74. The van der Waals surface area contributed by atoms with Gasteiger partial charge in [-0.25, -0.2) is 8.51 Å². The van der Waals surface area contributed by atoms with Gasteiger partial charge in [-0.15, -0.1) is 0 Å². The summed E-state index contributed by atoms with van der Waals surface area (Å²) in [5.41, 5.74) is 5.83. The van der Waals surface area contributed by atoms with Crippen molar-refractivity contribution in [2.45, 2.75) is 32.7 Å². The highest BCUT2D eigenvalue weighted by Gasteiger charge is 2.23. The zero-order chi connectivity index (χ0) is 9.84. The highest BCUT2D eigenvalue weighted by molar-refractivity contribution is 7.82. The molecule has 2 unspecified atom stereocenters. The third-order valence-corrected chi connectivity index (χ3v) is 4.21. The third kappa shape index (κ3) is 3.04. The fourth-order valence-electron chi connectivity index (χ4n) is 1.79. The average Bonchev–Trinajstić information content (AvgIpc) is 2.17. The van der Waals surface area contributed by atoms with Gasteiger partial charge in [-0.3, -0.25) is 0 Å². The van der Waals surface area contributed by atoms with Crippen LogP contribution in [0.4, 0.5) is 0 Å². The predicted octanol–water partition coefficient (Wildman–Crippen LogP) is 0.729. The van der Waals surface area contributed by atoms with E-state index in [9.17, 15) is 4.21 Å². The topological polar surface area (TPSA) is 46.3 Å². The summed E-state index contributed by atoms with van der Waals surface area (Å²) in [5.74, 6) is 1.37. The van der Waals surface area contributed by atoms with Crippen molar-refractivity contribution >= 4 is 11.0 Å². The lowest BCUT2D eigenvalue weighted by atomic mass is 9.92. The smallest absolute Gasteiger partial charge is 0.0939 e. The second-order valence-corrected chi connectivity index (χ2v) is 5.47. The Morgan fingerprint density at radius 3 is 2.46 bits per heavy atom. The average molecular weight is 204 g/mol. The van der Waals surface area contributed by atoms with Gasteiger partial charge in [0.2, 0.25) is 0 Å². The van der Waals surface area contributed by atoms with Gasteiger partial charge in [0.05, 0.1) is 11.0 Å². The van der Waals surface area contributed by atoms with Gasteiger partial charge in [0.15, 0.2) is 0 Å². The van der Waals surface area contributed by atoms with Gasteiger partial charge in [-0.05, 0) is 25.7 Å². The van der Waals surface area contributed by atoms with Crippen LogP contribution in [0, 0.1) is 5.92 Å². The lowest BCUT2D eigenvalue weighted by Crippen LogP contribution is -2.40. The Bertz CT molecular complexity index is 176. The molecule has 2 N–H and O–H groups in total. The normalized spacial score (nSPS) is 25.8. The Hall–Kier alpha value is 0.0700. The van der Waals surface area contributed by atoms with Crippen LogP contribution in [-0.4, -0.2) is 33.4 Å². The standard InChI is InChI=1S/C9H20N2OS/c1-3-13(12)11-6-4-9(5-7-11)8(2)10/h8-9H,3-7,10H2,1-2H3. The van der Waals surface area contributed by atoms with Crippen LogP contribution in [0.5, 0.6) is 0 Å². The lowest BCUT2D eigenvalue weighted by Gasteiger charge is -2.32. The second kappa shape index (κ2) is 5.08. The van der Waals surface area contributed by atoms with Gasteiger partial charge in [0.25, 0.3) is 0 Å². The van der Waals surface area contributed by atoms with E-state index in [2.05, 4.69) is 11.2 Å². The van der Waals surface area contributed by atoms with Crippen molar-refractivity contribution in [2.24, 2.45) is 11.7 Å². The molecule has 1 heterocycles. The molecule has 13 heavy (non-hydrogen) atoms. The minimum absolute atomic E-state index is 0.289. The van der Waals surface area contributed by atoms with Gasteiger partial charge >= 0.3 is 0 Å². The summed E-state index contributed by atoms with van der Waals surface area (Å²) in [7, 11) is -0.749. The molecule has 1 saturated heterocycles. The van der Waals surface area contributed by atoms with Gasteiger partial charge in [-0.2, -0.15) is 0 Å². The minimum atomic E-state index is -0.749. The molecular formula is C9H20N2OS. The molecule has 1 rings (SSSR count). The Morgan fingerprint density at radius 1 is 1.54 bits per heavy atom. The summed E-state index contributed by atoms with van der Waals surface area (Å²) in [6.45, 7) is 5.93. The van der Waals surface area contributed by atoms with Crippen LogP contribution in [0.3, 0.4) is 0 Å². The fourth-order valence-corrected chi connectivity index (χ4v) is 2.77. The summed E-state index contributed by atoms with van der Waals surface area (Å²) in [6.07, 6.45) is 2.20. The predicted molar refractivity (Wildman–Crippen MR) is 56.6 cm³/mol. The van der Waals surface area contributed by atoms with E-state index in [0.29, 0.717) is 5.92 Å². The molecule has 1 aliphatic heterocycles. The lowest BCUT2D eigenvalue weighted by molar-refractivity contribution is 0.258. The molecule has 4 heteroatoms. The molecule has 0 saturated carbocycles. The molecule has 0 aliphatic carbocycles. The molecule has 0 aromatic rings. The maximum absolute atomic E-state index is 11.4. The minimum Gasteiger partial charge on any atom is -0.328 e. The highest BCUT2D eigenvalue weighted by Crippen LogP contribution is 2.20. The largest absolute Gasteiger partial charge is 0.328 e. The summed E-state index contributed by atoms with van der Waals surface area (Å²) in [5, 5.41) is 0. The van der Waals surface area contributed by atoms with Crippen LogP contribution in [-0.2, 0) is 11.0 Å². The van der Waals surface area contributed by atoms with Crippen LogP contribution in [0.15, 0.2) is 0 Å². The monoisotopic (exact) mass is 204 g/mol. The van der Waals surface area contributed by atoms with Crippen LogP contribution >= 0.6 is 0 Å². The molecule has 0 bridgehead atoms. The number of nitrogens with zero attached hydrogens (tertiary/aromatic N) is 1. The Kier molecular flexibility index (Phi) is 4.35. The van der Waals surface area contributed by atoms with Crippen molar-refractivity contribution in [3.05, 3.63) is 0 Å². The number of hydrogen-bond acceptors (Lipinski definition) is 2. The molecular weight excluding hydrogens is 184 g/mol. The van der Waals surface area contributed by atoms with Gasteiger partial charge < -0.3 is 5.73 Å². The van der Waals surface area contributed by atoms with Crippen molar-refractivity contribution in [3.8, 4) is 0 Å². The quantitative estimate of drug-likeness (QED) is 0.736. The molecule has 0 radical (unpaired) electrons. The molecule has 0 aromatic heterocycles. The first-order valence-corrected chi connectivity index (χ1v) is 6.31. The fraction of sp³-hybridized carbons (Fsp3) is 1.00. The molecule has 2 atom stereocenters. The summed E-state index contributed by atoms with van der Waals surface area (Å²) >= 11 is 0. The van der Waals surface area contributed by atoms with E-state index in [1.165, 1.54) is 0 Å².